The summed E-state index contributed by atoms with van der Waals surface area (Å²) in [5.41, 5.74) is 12.5. The second kappa shape index (κ2) is 14.7. The molecule has 0 nitrogen and oxygen atoms in total. The molecule has 0 saturated carbocycles. The van der Waals surface area contributed by atoms with Crippen molar-refractivity contribution in [3.05, 3.63) is 243 Å². The van der Waals surface area contributed by atoms with E-state index in [1.165, 1.54) is 131 Å². The molecule has 64 heavy (non-hydrogen) atoms. The highest BCUT2D eigenvalue weighted by molar-refractivity contribution is 6.22. The lowest BCUT2D eigenvalue weighted by atomic mass is 9.85. The van der Waals surface area contributed by atoms with Gasteiger partial charge in [0.25, 0.3) is 0 Å². The first-order valence-corrected chi connectivity index (χ1v) is 22.2. The Hall–Kier alpha value is -8.32. The van der Waals surface area contributed by atoms with Crippen molar-refractivity contribution in [3.63, 3.8) is 0 Å². The van der Waals surface area contributed by atoms with Gasteiger partial charge in [0.15, 0.2) is 0 Å². The lowest BCUT2D eigenvalue weighted by Crippen LogP contribution is -1.91. The quantitative estimate of drug-likeness (QED) is 0.152. The minimum absolute atomic E-state index is 1.22. The van der Waals surface area contributed by atoms with Crippen molar-refractivity contribution < 1.29 is 0 Å². The maximum atomic E-state index is 2.38. The molecule has 0 aliphatic rings. The van der Waals surface area contributed by atoms with E-state index < -0.39 is 0 Å². The van der Waals surface area contributed by atoms with Crippen LogP contribution in [0.1, 0.15) is 0 Å². The van der Waals surface area contributed by atoms with Crippen molar-refractivity contribution >= 4 is 75.4 Å². The van der Waals surface area contributed by atoms with Crippen LogP contribution >= 0.6 is 0 Å². The van der Waals surface area contributed by atoms with Gasteiger partial charge in [0.1, 0.15) is 0 Å². The van der Waals surface area contributed by atoms with Crippen LogP contribution in [-0.2, 0) is 0 Å². The summed E-state index contributed by atoms with van der Waals surface area (Å²) in [6.45, 7) is 0. The van der Waals surface area contributed by atoms with Crippen LogP contribution < -0.4 is 0 Å². The zero-order valence-electron chi connectivity index (χ0n) is 35.1. The van der Waals surface area contributed by atoms with E-state index in [1.54, 1.807) is 0 Å². The molecule has 0 amide bonds. The van der Waals surface area contributed by atoms with Gasteiger partial charge in [-0.05, 0) is 167 Å². The smallest absolute Gasteiger partial charge is 0.00262 e. The van der Waals surface area contributed by atoms with Crippen molar-refractivity contribution in [1.82, 2.24) is 0 Å². The van der Waals surface area contributed by atoms with E-state index in [4.69, 9.17) is 0 Å². The summed E-state index contributed by atoms with van der Waals surface area (Å²) in [5.74, 6) is 0. The van der Waals surface area contributed by atoms with Gasteiger partial charge >= 0.3 is 0 Å². The molecule has 0 atom stereocenters. The Morgan fingerprint density at radius 1 is 0.156 bits per heavy atom. The summed E-state index contributed by atoms with van der Waals surface area (Å²) in [7, 11) is 0. The van der Waals surface area contributed by atoms with Crippen LogP contribution in [0.4, 0.5) is 0 Å². The summed E-state index contributed by atoms with van der Waals surface area (Å²) in [4.78, 5) is 0. The molecule has 0 heterocycles. The first-order valence-electron chi connectivity index (χ1n) is 22.2. The molecule has 0 heteroatoms. The Morgan fingerprint density at radius 3 is 0.797 bits per heavy atom. The lowest BCUT2D eigenvalue weighted by molar-refractivity contribution is 1.65. The summed E-state index contributed by atoms with van der Waals surface area (Å²) in [6.07, 6.45) is 0. The first kappa shape index (κ1) is 36.3. The molecular weight excluding hydrogens is 769 g/mol. The number of rotatable bonds is 5. The number of fused-ring (bicyclic) bond motifs is 7. The molecule has 13 aromatic carbocycles. The zero-order chi connectivity index (χ0) is 42.1. The first-order chi connectivity index (χ1) is 31.7. The Labute approximate surface area is 371 Å². The highest BCUT2D eigenvalue weighted by Gasteiger charge is 2.18. The molecule has 0 aliphatic heterocycles. The van der Waals surface area contributed by atoms with Gasteiger partial charge in [-0.3, -0.25) is 0 Å². The predicted octanol–water partition coefficient (Wildman–Crippen LogP) is 18.1. The highest BCUT2D eigenvalue weighted by atomic mass is 14.2. The highest BCUT2D eigenvalue weighted by Crippen LogP contribution is 2.45. The minimum Gasteiger partial charge on any atom is -0.0616 e. The number of hydrogen-bond acceptors (Lipinski definition) is 0. The average Bonchev–Trinajstić information content (AvgIpc) is 3.36. The molecule has 0 bridgehead atoms. The summed E-state index contributed by atoms with van der Waals surface area (Å²) >= 11 is 0. The SMILES string of the molecule is c1ccc2c(-c3ccc4cc(-c5ccc6cc(-c7c8ccccc8c(-c8ccc9cc(-c%10cccc%11ccccc%10%11)ccc9c8)c8ccccc78)ccc6c5)ccc4c3)cccc2c1. The Kier molecular flexibility index (Phi) is 8.32. The van der Waals surface area contributed by atoms with E-state index in [0.29, 0.717) is 0 Å². The van der Waals surface area contributed by atoms with Crippen LogP contribution in [-0.4, -0.2) is 0 Å². The third-order valence-electron chi connectivity index (χ3n) is 13.6. The maximum Gasteiger partial charge on any atom is -0.00262 e. The normalized spacial score (nSPS) is 11.8. The Morgan fingerprint density at radius 2 is 0.422 bits per heavy atom. The second-order valence-corrected chi connectivity index (χ2v) is 17.2. The van der Waals surface area contributed by atoms with Crippen molar-refractivity contribution in [2.75, 3.05) is 0 Å². The van der Waals surface area contributed by atoms with Crippen LogP contribution in [0.25, 0.3) is 131 Å². The van der Waals surface area contributed by atoms with E-state index >= 15 is 0 Å². The molecule has 0 N–H and O–H groups in total. The van der Waals surface area contributed by atoms with Gasteiger partial charge in [0.05, 0.1) is 0 Å². The predicted molar refractivity (Wildman–Crippen MR) is 276 cm³/mol. The molecular formula is C64H40. The molecule has 296 valence electrons. The zero-order valence-corrected chi connectivity index (χ0v) is 35.1. The van der Waals surface area contributed by atoms with Crippen LogP contribution in [0.3, 0.4) is 0 Å². The molecule has 0 aromatic heterocycles. The second-order valence-electron chi connectivity index (χ2n) is 17.2. The van der Waals surface area contributed by atoms with E-state index in [9.17, 15) is 0 Å². The van der Waals surface area contributed by atoms with Crippen LogP contribution in [0, 0.1) is 0 Å². The maximum absolute atomic E-state index is 2.38. The van der Waals surface area contributed by atoms with E-state index in [-0.39, 0.29) is 0 Å². The van der Waals surface area contributed by atoms with Crippen LogP contribution in [0.15, 0.2) is 243 Å². The standard InChI is InChI=1S/C64H40/c1-3-15-55-41(11-1)13-9-21-57(55)51-31-27-45-35-43(23-25-47(45)37-51)44-24-26-49-39-53(33-29-46(49)36-44)63-59-17-5-7-19-61(59)64(62-20-8-6-18-60(62)63)54-34-30-48-38-52(32-28-50(48)40-54)58-22-10-14-42-12-2-4-16-56(42)58/h1-40H. The summed E-state index contributed by atoms with van der Waals surface area (Å²) in [6, 6.07) is 89.9. The van der Waals surface area contributed by atoms with Crippen LogP contribution in [0.2, 0.25) is 0 Å². The van der Waals surface area contributed by atoms with Crippen molar-refractivity contribution in [2.24, 2.45) is 0 Å². The lowest BCUT2D eigenvalue weighted by Gasteiger charge is -2.18. The van der Waals surface area contributed by atoms with Gasteiger partial charge in [-0.15, -0.1) is 0 Å². The molecule has 0 unspecified atom stereocenters. The fourth-order valence-corrected chi connectivity index (χ4v) is 10.4. The summed E-state index contributed by atoms with van der Waals surface area (Å²) in [5, 5.41) is 17.6. The van der Waals surface area contributed by atoms with Gasteiger partial charge in [-0.2, -0.15) is 0 Å². The van der Waals surface area contributed by atoms with Crippen LogP contribution in [0.5, 0.6) is 0 Å². The fourth-order valence-electron chi connectivity index (χ4n) is 10.4. The van der Waals surface area contributed by atoms with Gasteiger partial charge in [0, 0.05) is 0 Å². The van der Waals surface area contributed by atoms with Gasteiger partial charge in [0.2, 0.25) is 0 Å². The summed E-state index contributed by atoms with van der Waals surface area (Å²) < 4.78 is 0. The van der Waals surface area contributed by atoms with Crippen molar-refractivity contribution in [2.45, 2.75) is 0 Å². The minimum atomic E-state index is 1.22. The van der Waals surface area contributed by atoms with Gasteiger partial charge in [-0.25, -0.2) is 0 Å². The average molecular weight is 809 g/mol. The third kappa shape index (κ3) is 5.99. The van der Waals surface area contributed by atoms with Crippen molar-refractivity contribution in [3.8, 4) is 55.6 Å². The molecule has 0 aliphatic carbocycles. The molecule has 0 radical (unpaired) electrons. The van der Waals surface area contributed by atoms with Crippen molar-refractivity contribution in [1.29, 1.82) is 0 Å². The Bertz CT molecular complexity index is 3950. The fraction of sp³-hybridized carbons (Fsp3) is 0. The monoisotopic (exact) mass is 808 g/mol. The van der Waals surface area contributed by atoms with E-state index in [0.717, 1.165) is 0 Å². The Balaban J connectivity index is 0.867. The van der Waals surface area contributed by atoms with E-state index in [2.05, 4.69) is 243 Å². The number of hydrogen-bond donors (Lipinski definition) is 0. The molecule has 0 saturated heterocycles. The number of benzene rings is 13. The topological polar surface area (TPSA) is 0 Å². The molecule has 13 rings (SSSR count). The molecule has 13 aromatic rings. The van der Waals surface area contributed by atoms with Gasteiger partial charge < -0.3 is 0 Å². The largest absolute Gasteiger partial charge is 0.0616 e. The molecule has 0 spiro atoms. The van der Waals surface area contributed by atoms with E-state index in [1.807, 2.05) is 0 Å². The van der Waals surface area contributed by atoms with Gasteiger partial charge in [-0.1, -0.05) is 206 Å². The third-order valence-corrected chi connectivity index (χ3v) is 13.6. The molecule has 0 fully saturated rings.